The number of aliphatic carboxylic acids is 1. The molecule has 114 valence electrons. The molecule has 0 radical (unpaired) electrons. The van der Waals surface area contributed by atoms with Crippen molar-refractivity contribution in [2.24, 2.45) is 5.92 Å². The Morgan fingerprint density at radius 3 is 2.57 bits per heavy atom. The number of aromatic nitrogens is 1. The molecule has 1 aromatic rings. The molecule has 1 fully saturated rings. The summed E-state index contributed by atoms with van der Waals surface area (Å²) in [6, 6.07) is 3.60. The molecule has 1 aliphatic rings. The number of hydrogen-bond acceptors (Lipinski definition) is 4. The van der Waals surface area contributed by atoms with E-state index in [0.717, 1.165) is 5.56 Å². The van der Waals surface area contributed by atoms with E-state index in [4.69, 9.17) is 9.84 Å². The molecule has 1 amide bonds. The number of nitrogens with zero attached hydrogens (tertiary/aromatic N) is 1. The van der Waals surface area contributed by atoms with Crippen molar-refractivity contribution in [3.05, 3.63) is 30.1 Å². The number of pyridine rings is 1. The number of amides is 1. The third kappa shape index (κ3) is 3.51. The predicted molar refractivity (Wildman–Crippen MR) is 75.6 cm³/mol. The maximum absolute atomic E-state index is 12.0. The fourth-order valence-electron chi connectivity index (χ4n) is 2.51. The maximum Gasteiger partial charge on any atom is 0.408 e. The Morgan fingerprint density at radius 2 is 2.10 bits per heavy atom. The highest BCUT2D eigenvalue weighted by Gasteiger charge is 2.50. The number of carboxylic acid groups (broad SMARTS) is 1. The number of ether oxygens (including phenoxy) is 1. The van der Waals surface area contributed by atoms with Gasteiger partial charge in [0, 0.05) is 12.4 Å². The lowest BCUT2D eigenvalue weighted by Crippen LogP contribution is -2.57. The number of alkyl carbamates (subject to hydrolysis) is 1. The monoisotopic (exact) mass is 292 g/mol. The van der Waals surface area contributed by atoms with Crippen molar-refractivity contribution >= 4 is 12.1 Å². The molecule has 2 rings (SSSR count). The number of hydrogen-bond donors (Lipinski definition) is 2. The summed E-state index contributed by atoms with van der Waals surface area (Å²) >= 11 is 0. The molecule has 1 aliphatic carbocycles. The van der Waals surface area contributed by atoms with E-state index in [-0.39, 0.29) is 0 Å². The molecule has 6 nitrogen and oxygen atoms in total. The number of carbonyl (C=O) groups excluding carboxylic acids is 1. The fourth-order valence-corrected chi connectivity index (χ4v) is 2.51. The van der Waals surface area contributed by atoms with Gasteiger partial charge in [0.2, 0.25) is 0 Å². The second kappa shape index (κ2) is 5.35. The SMILES string of the molecule is CC(C)(C)OC(=O)NC1(c2cccnc2)CC(C(=O)O)C1. The molecule has 1 aromatic heterocycles. The van der Waals surface area contributed by atoms with Gasteiger partial charge in [-0.15, -0.1) is 0 Å². The molecule has 2 N–H and O–H groups in total. The molecule has 0 unspecified atom stereocenters. The molecule has 0 aromatic carbocycles. The molecule has 6 heteroatoms. The van der Waals surface area contributed by atoms with Gasteiger partial charge in [-0.2, -0.15) is 0 Å². The van der Waals surface area contributed by atoms with Crippen LogP contribution in [0, 0.1) is 5.92 Å². The minimum atomic E-state index is -0.847. The van der Waals surface area contributed by atoms with Crippen molar-refractivity contribution in [2.75, 3.05) is 0 Å². The van der Waals surface area contributed by atoms with E-state index in [1.54, 1.807) is 39.2 Å². The zero-order valence-corrected chi connectivity index (χ0v) is 12.4. The zero-order valence-electron chi connectivity index (χ0n) is 12.4. The lowest BCUT2D eigenvalue weighted by atomic mass is 9.65. The lowest BCUT2D eigenvalue weighted by Gasteiger charge is -2.46. The standard InChI is InChI=1S/C15H20N2O4/c1-14(2,3)21-13(20)17-15(7-10(8-15)12(18)19)11-5-4-6-16-9-11/h4-6,9-10H,7-8H2,1-3H3,(H,17,20)(H,18,19). The molecule has 0 saturated heterocycles. The van der Waals surface area contributed by atoms with Crippen LogP contribution in [-0.4, -0.2) is 27.8 Å². The first-order chi connectivity index (χ1) is 9.72. The van der Waals surface area contributed by atoms with Gasteiger partial charge in [-0.1, -0.05) is 6.07 Å². The number of nitrogens with one attached hydrogen (secondary N) is 1. The van der Waals surface area contributed by atoms with Crippen molar-refractivity contribution in [3.63, 3.8) is 0 Å². The lowest BCUT2D eigenvalue weighted by molar-refractivity contribution is -0.148. The van der Waals surface area contributed by atoms with Gasteiger partial charge in [0.25, 0.3) is 0 Å². The van der Waals surface area contributed by atoms with Crippen LogP contribution in [0.3, 0.4) is 0 Å². The number of carbonyl (C=O) groups is 2. The summed E-state index contributed by atoms with van der Waals surface area (Å²) in [5.41, 5.74) is -0.510. The molecule has 21 heavy (non-hydrogen) atoms. The topological polar surface area (TPSA) is 88.5 Å². The highest BCUT2D eigenvalue weighted by atomic mass is 16.6. The van der Waals surface area contributed by atoms with Gasteiger partial charge in [0.05, 0.1) is 11.5 Å². The van der Waals surface area contributed by atoms with Crippen LogP contribution in [0.15, 0.2) is 24.5 Å². The minimum absolute atomic E-state index is 0.341. The summed E-state index contributed by atoms with van der Waals surface area (Å²) in [5.74, 6) is -1.30. The van der Waals surface area contributed by atoms with E-state index in [1.807, 2.05) is 6.07 Å². The molecule has 1 heterocycles. The highest BCUT2D eigenvalue weighted by molar-refractivity contribution is 5.74. The van der Waals surface area contributed by atoms with Gasteiger partial charge < -0.3 is 15.2 Å². The van der Waals surface area contributed by atoms with E-state index in [1.165, 1.54) is 0 Å². The zero-order chi connectivity index (χ0) is 15.7. The molecular formula is C15H20N2O4. The van der Waals surface area contributed by atoms with Crippen LogP contribution in [0.4, 0.5) is 4.79 Å². The van der Waals surface area contributed by atoms with Gasteiger partial charge in [-0.05, 0) is 45.2 Å². The number of carboxylic acids is 1. The average Bonchev–Trinajstić information content (AvgIpc) is 2.31. The summed E-state index contributed by atoms with van der Waals surface area (Å²) in [5, 5.41) is 11.9. The van der Waals surface area contributed by atoms with Gasteiger partial charge in [-0.25, -0.2) is 4.79 Å². The van der Waals surface area contributed by atoms with Crippen LogP contribution in [-0.2, 0) is 15.1 Å². The first-order valence-electron chi connectivity index (χ1n) is 6.86. The molecule has 1 saturated carbocycles. The van der Waals surface area contributed by atoms with E-state index < -0.39 is 29.1 Å². The molecule has 0 spiro atoms. The van der Waals surface area contributed by atoms with Gasteiger partial charge in [-0.3, -0.25) is 9.78 Å². The van der Waals surface area contributed by atoms with Crippen LogP contribution in [0.5, 0.6) is 0 Å². The second-order valence-corrected chi connectivity index (χ2v) is 6.39. The Bertz CT molecular complexity index is 530. The summed E-state index contributed by atoms with van der Waals surface area (Å²) in [6.45, 7) is 5.35. The minimum Gasteiger partial charge on any atom is -0.481 e. The first kappa shape index (κ1) is 15.3. The predicted octanol–water partition coefficient (Wildman–Crippen LogP) is 2.30. The Kier molecular flexibility index (Phi) is 3.89. The van der Waals surface area contributed by atoms with Crippen LogP contribution < -0.4 is 5.32 Å². The summed E-state index contributed by atoms with van der Waals surface area (Å²) in [6.07, 6.45) is 3.42. The Labute approximate surface area is 123 Å². The van der Waals surface area contributed by atoms with Crippen molar-refractivity contribution in [2.45, 2.75) is 44.8 Å². The summed E-state index contributed by atoms with van der Waals surface area (Å²) in [4.78, 5) is 27.1. The Balaban J connectivity index is 2.16. The average molecular weight is 292 g/mol. The van der Waals surface area contributed by atoms with Gasteiger partial charge in [0.15, 0.2) is 0 Å². The van der Waals surface area contributed by atoms with E-state index in [9.17, 15) is 9.59 Å². The van der Waals surface area contributed by atoms with Crippen LogP contribution in [0.25, 0.3) is 0 Å². The first-order valence-corrected chi connectivity index (χ1v) is 6.86. The Hall–Kier alpha value is -2.11. The van der Waals surface area contributed by atoms with E-state index in [0.29, 0.717) is 12.8 Å². The maximum atomic E-state index is 12.0. The quantitative estimate of drug-likeness (QED) is 0.892. The molecule has 0 aliphatic heterocycles. The van der Waals surface area contributed by atoms with Crippen molar-refractivity contribution in [1.29, 1.82) is 0 Å². The third-order valence-electron chi connectivity index (χ3n) is 3.49. The molecule has 0 atom stereocenters. The van der Waals surface area contributed by atoms with Gasteiger partial charge >= 0.3 is 12.1 Å². The van der Waals surface area contributed by atoms with E-state index >= 15 is 0 Å². The number of rotatable bonds is 3. The summed E-state index contributed by atoms with van der Waals surface area (Å²) in [7, 11) is 0. The van der Waals surface area contributed by atoms with Crippen molar-refractivity contribution in [1.82, 2.24) is 10.3 Å². The fraction of sp³-hybridized carbons (Fsp3) is 0.533. The normalized spacial score (nSPS) is 24.8. The van der Waals surface area contributed by atoms with Gasteiger partial charge in [0.1, 0.15) is 5.60 Å². The van der Waals surface area contributed by atoms with Crippen molar-refractivity contribution in [3.8, 4) is 0 Å². The smallest absolute Gasteiger partial charge is 0.408 e. The molecule has 0 bridgehead atoms. The largest absolute Gasteiger partial charge is 0.481 e. The molecular weight excluding hydrogens is 272 g/mol. The Morgan fingerprint density at radius 1 is 1.43 bits per heavy atom. The highest BCUT2D eigenvalue weighted by Crippen LogP contribution is 2.45. The van der Waals surface area contributed by atoms with Crippen LogP contribution in [0.1, 0.15) is 39.2 Å². The van der Waals surface area contributed by atoms with Crippen LogP contribution in [0.2, 0.25) is 0 Å². The van der Waals surface area contributed by atoms with Crippen LogP contribution >= 0.6 is 0 Å². The van der Waals surface area contributed by atoms with E-state index in [2.05, 4.69) is 10.3 Å². The van der Waals surface area contributed by atoms with Crippen molar-refractivity contribution < 1.29 is 19.4 Å². The third-order valence-corrected chi connectivity index (χ3v) is 3.49. The summed E-state index contributed by atoms with van der Waals surface area (Å²) < 4.78 is 5.27. The second-order valence-electron chi connectivity index (χ2n) is 6.39.